The van der Waals surface area contributed by atoms with Crippen LogP contribution in [0.3, 0.4) is 0 Å². The molecule has 0 spiro atoms. The number of nitrogens with zero attached hydrogens (tertiary/aromatic N) is 9. The monoisotopic (exact) mass is 655 g/mol. The summed E-state index contributed by atoms with van der Waals surface area (Å²) in [6.07, 6.45) is 14.4. The lowest BCUT2D eigenvalue weighted by atomic mass is 10.0. The summed E-state index contributed by atoms with van der Waals surface area (Å²) in [6.45, 7) is 0. The second kappa shape index (κ2) is 10.6. The summed E-state index contributed by atoms with van der Waals surface area (Å²) in [7, 11) is 0. The van der Waals surface area contributed by atoms with Crippen molar-refractivity contribution < 1.29 is 0 Å². The van der Waals surface area contributed by atoms with E-state index in [2.05, 4.69) is 147 Å². The van der Waals surface area contributed by atoms with Crippen LogP contribution in [-0.4, -0.2) is 43.6 Å². The Labute approximate surface area is 289 Å². The number of fused-ring (bicyclic) bond motifs is 9. The van der Waals surface area contributed by atoms with Crippen LogP contribution in [0.1, 0.15) is 0 Å². The zero-order chi connectivity index (χ0) is 33.5. The van der Waals surface area contributed by atoms with Crippen molar-refractivity contribution in [3.63, 3.8) is 0 Å². The van der Waals surface area contributed by atoms with Gasteiger partial charge in [0.25, 0.3) is 0 Å². The molecule has 0 amide bonds. The van der Waals surface area contributed by atoms with Gasteiger partial charge in [-0.25, -0.2) is 19.9 Å². The van der Waals surface area contributed by atoms with Gasteiger partial charge in [0, 0.05) is 51.0 Å². The van der Waals surface area contributed by atoms with Crippen LogP contribution in [0.5, 0.6) is 0 Å². The van der Waals surface area contributed by atoms with E-state index in [0.717, 1.165) is 83.1 Å². The molecule has 7 aromatic heterocycles. The van der Waals surface area contributed by atoms with Crippen LogP contribution < -0.4 is 0 Å². The Balaban J connectivity index is 1.17. The van der Waals surface area contributed by atoms with Crippen molar-refractivity contribution in [1.82, 2.24) is 43.6 Å². The maximum Gasteiger partial charge on any atom is 0.118 e. The first-order chi connectivity index (χ1) is 25.3. The van der Waals surface area contributed by atoms with E-state index in [0.29, 0.717) is 0 Å². The number of hydrogen-bond acceptors (Lipinski definition) is 6. The summed E-state index contributed by atoms with van der Waals surface area (Å²) in [5.41, 5.74) is 12.9. The molecule has 0 aliphatic heterocycles. The Bertz CT molecular complexity index is 2860. The van der Waals surface area contributed by atoms with Gasteiger partial charge in [-0.1, -0.05) is 48.5 Å². The van der Waals surface area contributed by atoms with E-state index in [-0.39, 0.29) is 0 Å². The average molecular weight is 656 g/mol. The molecule has 0 aliphatic carbocycles. The molecule has 4 aromatic carbocycles. The summed E-state index contributed by atoms with van der Waals surface area (Å²) in [4.78, 5) is 26.8. The Morgan fingerprint density at radius 1 is 0.353 bits per heavy atom. The Hall–Kier alpha value is -7.26. The van der Waals surface area contributed by atoms with Gasteiger partial charge in [0.1, 0.15) is 23.7 Å². The molecule has 11 aromatic rings. The van der Waals surface area contributed by atoms with E-state index in [1.54, 1.807) is 12.7 Å². The highest BCUT2D eigenvalue weighted by Gasteiger charge is 2.19. The van der Waals surface area contributed by atoms with Gasteiger partial charge in [-0.15, -0.1) is 0 Å². The van der Waals surface area contributed by atoms with E-state index in [1.807, 2.05) is 37.2 Å². The van der Waals surface area contributed by atoms with Crippen LogP contribution in [-0.2, 0) is 0 Å². The summed E-state index contributed by atoms with van der Waals surface area (Å²) >= 11 is 0. The maximum atomic E-state index is 4.55. The van der Waals surface area contributed by atoms with Crippen molar-refractivity contribution in [2.75, 3.05) is 0 Å². The first-order valence-electron chi connectivity index (χ1n) is 16.6. The molecule has 0 N–H and O–H groups in total. The van der Waals surface area contributed by atoms with Gasteiger partial charge < -0.3 is 13.7 Å². The summed E-state index contributed by atoms with van der Waals surface area (Å²) in [5, 5.41) is 4.70. The predicted molar refractivity (Wildman–Crippen MR) is 202 cm³/mol. The minimum Gasteiger partial charge on any atom is -0.308 e. The molecular weight excluding hydrogens is 631 g/mol. The van der Waals surface area contributed by atoms with Crippen LogP contribution in [0, 0.1) is 0 Å². The predicted octanol–water partition coefficient (Wildman–Crippen LogP) is 9.01. The van der Waals surface area contributed by atoms with Crippen molar-refractivity contribution in [3.8, 4) is 28.2 Å². The zero-order valence-corrected chi connectivity index (χ0v) is 27.0. The van der Waals surface area contributed by atoms with E-state index in [9.17, 15) is 0 Å². The fraction of sp³-hybridized carbons (Fsp3) is 0. The molecule has 0 fully saturated rings. The van der Waals surface area contributed by atoms with E-state index in [4.69, 9.17) is 0 Å². The second-order valence-electron chi connectivity index (χ2n) is 12.6. The molecule has 9 heteroatoms. The summed E-state index contributed by atoms with van der Waals surface area (Å²) in [5.74, 6) is 0. The number of pyridine rings is 2. The lowest BCUT2D eigenvalue weighted by Crippen LogP contribution is -2.00. The van der Waals surface area contributed by atoms with E-state index < -0.39 is 0 Å². The molecule has 238 valence electrons. The summed E-state index contributed by atoms with van der Waals surface area (Å²) < 4.78 is 6.76. The third-order valence-electron chi connectivity index (χ3n) is 9.92. The summed E-state index contributed by atoms with van der Waals surface area (Å²) in [6, 6.07) is 36.7. The molecule has 0 aliphatic rings. The molecule has 0 radical (unpaired) electrons. The molecule has 0 bridgehead atoms. The van der Waals surface area contributed by atoms with Gasteiger partial charge in [-0.2, -0.15) is 0 Å². The third-order valence-corrected chi connectivity index (χ3v) is 9.92. The van der Waals surface area contributed by atoms with Crippen LogP contribution in [0.25, 0.3) is 93.9 Å². The lowest BCUT2D eigenvalue weighted by Gasteiger charge is -2.16. The van der Waals surface area contributed by atoms with Gasteiger partial charge >= 0.3 is 0 Å². The maximum absolute atomic E-state index is 4.55. The van der Waals surface area contributed by atoms with Gasteiger partial charge in [0.05, 0.1) is 57.9 Å². The van der Waals surface area contributed by atoms with Crippen molar-refractivity contribution in [3.05, 3.63) is 153 Å². The van der Waals surface area contributed by atoms with E-state index in [1.165, 1.54) is 10.8 Å². The zero-order valence-electron chi connectivity index (χ0n) is 27.0. The molecule has 51 heavy (non-hydrogen) atoms. The number of hydrogen-bond donors (Lipinski definition) is 0. The van der Waals surface area contributed by atoms with Crippen molar-refractivity contribution >= 4 is 65.7 Å². The van der Waals surface area contributed by atoms with Gasteiger partial charge in [0.2, 0.25) is 0 Å². The topological polar surface area (TPSA) is 92.1 Å². The highest BCUT2D eigenvalue weighted by atomic mass is 15.1. The molecule has 9 nitrogen and oxygen atoms in total. The fourth-order valence-corrected chi connectivity index (χ4v) is 7.76. The first kappa shape index (κ1) is 27.7. The van der Waals surface area contributed by atoms with Gasteiger partial charge in [-0.3, -0.25) is 9.97 Å². The molecule has 0 unspecified atom stereocenters. The third kappa shape index (κ3) is 4.03. The highest BCUT2D eigenvalue weighted by Crippen LogP contribution is 2.38. The molecule has 7 heterocycles. The van der Waals surface area contributed by atoms with Gasteiger partial charge in [0.15, 0.2) is 0 Å². The highest BCUT2D eigenvalue weighted by molar-refractivity contribution is 6.10. The number of rotatable bonds is 4. The van der Waals surface area contributed by atoms with Crippen LogP contribution in [0.4, 0.5) is 0 Å². The van der Waals surface area contributed by atoms with Crippen LogP contribution in [0.2, 0.25) is 0 Å². The smallest absolute Gasteiger partial charge is 0.118 e. The number of benzene rings is 4. The molecule has 11 rings (SSSR count). The Morgan fingerprint density at radius 2 is 0.824 bits per heavy atom. The lowest BCUT2D eigenvalue weighted by molar-refractivity contribution is 1.12. The Kier molecular flexibility index (Phi) is 5.76. The molecule has 0 saturated carbocycles. The standard InChI is InChI=1S/C42H25N9/c1-3-7-35-31(5-1)33-13-15-43-20-37(33)50(35)29-17-27(18-30(19-29)51-36-8-4-2-6-32(36)34-14-16-44-21-38(34)51)26-9-11-28(12-10-26)49-39-22-45-24-47-41(39)42-40(49)23-46-25-48-42/h1-25H. The molecular formula is C42H25N9. The van der Waals surface area contributed by atoms with Crippen molar-refractivity contribution in [1.29, 1.82) is 0 Å². The SMILES string of the molecule is c1ccc2c(c1)c1ccncc1n2-c1cc(-c2ccc(-n3c4cncnc4c4ncncc43)cc2)cc(-n2c3ccccc3c3ccncc32)c1. The van der Waals surface area contributed by atoms with E-state index >= 15 is 0 Å². The molecule has 0 saturated heterocycles. The largest absolute Gasteiger partial charge is 0.308 e. The van der Waals surface area contributed by atoms with Crippen LogP contribution in [0.15, 0.2) is 153 Å². The average Bonchev–Trinajstić information content (AvgIpc) is 3.84. The minimum absolute atomic E-state index is 0.796. The second-order valence-corrected chi connectivity index (χ2v) is 12.6. The van der Waals surface area contributed by atoms with Crippen molar-refractivity contribution in [2.24, 2.45) is 0 Å². The minimum atomic E-state index is 0.796. The quantitative estimate of drug-likeness (QED) is 0.188. The van der Waals surface area contributed by atoms with Crippen LogP contribution >= 0.6 is 0 Å². The van der Waals surface area contributed by atoms with Crippen molar-refractivity contribution in [2.45, 2.75) is 0 Å². The van der Waals surface area contributed by atoms with Gasteiger partial charge in [-0.05, 0) is 65.7 Å². The Morgan fingerprint density at radius 3 is 1.37 bits per heavy atom. The number of aromatic nitrogens is 9. The fourth-order valence-electron chi connectivity index (χ4n) is 7.76. The molecule has 0 atom stereocenters. The normalized spacial score (nSPS) is 11.9. The number of para-hydroxylation sites is 2. The first-order valence-corrected chi connectivity index (χ1v) is 16.6.